The molecule has 0 spiro atoms. The van der Waals surface area contributed by atoms with E-state index in [1.165, 1.54) is 54.7 Å². The van der Waals surface area contributed by atoms with Crippen LogP contribution in [0.4, 0.5) is 10.5 Å². The Bertz CT molecular complexity index is 780. The second-order valence-electron chi connectivity index (χ2n) is 6.86. The van der Waals surface area contributed by atoms with Gasteiger partial charge in [-0.05, 0) is 54.2 Å². The monoisotopic (exact) mass is 352 g/mol. The number of primary amides is 1. The molecule has 0 aromatic heterocycles. The zero-order chi connectivity index (χ0) is 18.5. The summed E-state index contributed by atoms with van der Waals surface area (Å²) in [5, 5.41) is 8.99. The molecule has 0 heterocycles. The molecule has 136 valence electrons. The third kappa shape index (κ3) is 4.23. The summed E-state index contributed by atoms with van der Waals surface area (Å²) in [5.74, 6) is -0.420. The molecule has 1 saturated carbocycles. The topological polar surface area (TPSA) is 83.6 Å². The van der Waals surface area contributed by atoms with Crippen LogP contribution in [-0.4, -0.2) is 17.1 Å². The Morgan fingerprint density at radius 2 is 1.73 bits per heavy atom. The molecular weight excluding hydrogens is 328 g/mol. The van der Waals surface area contributed by atoms with Gasteiger partial charge in [-0.15, -0.1) is 0 Å². The Hall–Kier alpha value is -2.82. The number of rotatable bonds is 5. The van der Waals surface area contributed by atoms with Crippen LogP contribution in [0.1, 0.15) is 59.5 Å². The maximum atomic E-state index is 12.0. The zero-order valence-electron chi connectivity index (χ0n) is 14.7. The Morgan fingerprint density at radius 3 is 2.35 bits per heavy atom. The number of anilines is 1. The van der Waals surface area contributed by atoms with Crippen molar-refractivity contribution >= 4 is 17.7 Å². The molecule has 3 rings (SSSR count). The van der Waals surface area contributed by atoms with E-state index in [1.807, 2.05) is 12.1 Å². The third-order valence-electron chi connectivity index (χ3n) is 5.07. The number of carboxylic acids is 1. The zero-order valence-corrected chi connectivity index (χ0v) is 14.7. The molecule has 0 unspecified atom stereocenters. The normalized spacial score (nSPS) is 14.8. The van der Waals surface area contributed by atoms with Crippen LogP contribution in [0.2, 0.25) is 0 Å². The fourth-order valence-electron chi connectivity index (χ4n) is 3.61. The van der Waals surface area contributed by atoms with Gasteiger partial charge in [-0.1, -0.05) is 43.5 Å². The number of aromatic carboxylic acids is 1. The maximum Gasteiger partial charge on any atom is 0.335 e. The van der Waals surface area contributed by atoms with Crippen LogP contribution in [0.15, 0.2) is 48.5 Å². The van der Waals surface area contributed by atoms with Crippen molar-refractivity contribution in [2.75, 3.05) is 4.90 Å². The van der Waals surface area contributed by atoms with Crippen LogP contribution in [0, 0.1) is 0 Å². The van der Waals surface area contributed by atoms with E-state index in [0.717, 1.165) is 11.3 Å². The molecule has 0 aliphatic heterocycles. The van der Waals surface area contributed by atoms with Crippen molar-refractivity contribution in [3.05, 3.63) is 65.2 Å². The van der Waals surface area contributed by atoms with Gasteiger partial charge in [0.2, 0.25) is 0 Å². The van der Waals surface area contributed by atoms with E-state index in [0.29, 0.717) is 12.5 Å². The highest BCUT2D eigenvalue weighted by atomic mass is 16.4. The summed E-state index contributed by atoms with van der Waals surface area (Å²) in [7, 11) is 0. The molecule has 1 fully saturated rings. The Morgan fingerprint density at radius 1 is 1.04 bits per heavy atom. The van der Waals surface area contributed by atoms with E-state index in [-0.39, 0.29) is 5.56 Å². The van der Waals surface area contributed by atoms with Gasteiger partial charge in [0.05, 0.1) is 12.1 Å². The number of carboxylic acid groups (broad SMARTS) is 1. The molecule has 2 aromatic carbocycles. The van der Waals surface area contributed by atoms with E-state index < -0.39 is 12.0 Å². The summed E-state index contributed by atoms with van der Waals surface area (Å²) in [4.78, 5) is 24.5. The van der Waals surface area contributed by atoms with Gasteiger partial charge in [0.15, 0.2) is 0 Å². The average molecular weight is 352 g/mol. The van der Waals surface area contributed by atoms with Crippen molar-refractivity contribution in [2.45, 2.75) is 44.6 Å². The fourth-order valence-corrected chi connectivity index (χ4v) is 3.61. The SMILES string of the molecule is NC(=O)N(Cc1ccc(C(=O)O)cc1)c1cccc(C2CCCCC2)c1. The van der Waals surface area contributed by atoms with Crippen LogP contribution in [0.5, 0.6) is 0 Å². The minimum atomic E-state index is -0.969. The van der Waals surface area contributed by atoms with Gasteiger partial charge >= 0.3 is 12.0 Å². The smallest absolute Gasteiger partial charge is 0.335 e. The van der Waals surface area contributed by atoms with Gasteiger partial charge in [0.1, 0.15) is 0 Å². The summed E-state index contributed by atoms with van der Waals surface area (Å²) in [6.45, 7) is 0.309. The van der Waals surface area contributed by atoms with Crippen LogP contribution < -0.4 is 10.6 Å². The summed E-state index contributed by atoms with van der Waals surface area (Å²) >= 11 is 0. The standard InChI is InChI=1S/C21H24N2O3/c22-21(26)23(14-15-9-11-17(12-10-15)20(24)25)19-8-4-7-18(13-19)16-5-2-1-3-6-16/h4,7-13,16H,1-3,5-6,14H2,(H2,22,26)(H,24,25). The van der Waals surface area contributed by atoms with Gasteiger partial charge in [0, 0.05) is 5.69 Å². The Balaban J connectivity index is 1.81. The Labute approximate surface area is 153 Å². The van der Waals surface area contributed by atoms with Crippen LogP contribution in [0.3, 0.4) is 0 Å². The number of amides is 2. The van der Waals surface area contributed by atoms with Crippen LogP contribution in [-0.2, 0) is 6.54 Å². The van der Waals surface area contributed by atoms with Gasteiger partial charge < -0.3 is 10.8 Å². The lowest BCUT2D eigenvalue weighted by molar-refractivity contribution is 0.0697. The lowest BCUT2D eigenvalue weighted by Gasteiger charge is -2.25. The van der Waals surface area contributed by atoms with Crippen molar-refractivity contribution < 1.29 is 14.7 Å². The van der Waals surface area contributed by atoms with Gasteiger partial charge in [-0.2, -0.15) is 0 Å². The minimum Gasteiger partial charge on any atom is -0.478 e. The molecule has 2 amide bonds. The minimum absolute atomic E-state index is 0.221. The van der Waals surface area contributed by atoms with Crippen molar-refractivity contribution in [3.8, 4) is 0 Å². The number of benzene rings is 2. The highest BCUT2D eigenvalue weighted by Crippen LogP contribution is 2.34. The molecule has 0 atom stereocenters. The van der Waals surface area contributed by atoms with E-state index >= 15 is 0 Å². The molecule has 1 aliphatic carbocycles. The molecular formula is C21H24N2O3. The largest absolute Gasteiger partial charge is 0.478 e. The molecule has 0 bridgehead atoms. The molecule has 1 aliphatic rings. The number of carbonyl (C=O) groups is 2. The summed E-state index contributed by atoms with van der Waals surface area (Å²) < 4.78 is 0. The van der Waals surface area contributed by atoms with Crippen molar-refractivity contribution in [3.63, 3.8) is 0 Å². The number of urea groups is 1. The van der Waals surface area contributed by atoms with Crippen LogP contribution >= 0.6 is 0 Å². The molecule has 5 heteroatoms. The second kappa shape index (κ2) is 8.04. The summed E-state index contributed by atoms with van der Waals surface area (Å²) in [6.07, 6.45) is 6.19. The molecule has 0 saturated heterocycles. The van der Waals surface area contributed by atoms with Crippen molar-refractivity contribution in [1.29, 1.82) is 0 Å². The van der Waals surface area contributed by atoms with E-state index in [1.54, 1.807) is 12.1 Å². The number of carbonyl (C=O) groups excluding carboxylic acids is 1. The Kier molecular flexibility index (Phi) is 5.56. The first-order valence-electron chi connectivity index (χ1n) is 9.04. The van der Waals surface area contributed by atoms with Crippen LogP contribution in [0.25, 0.3) is 0 Å². The molecule has 26 heavy (non-hydrogen) atoms. The first-order valence-corrected chi connectivity index (χ1v) is 9.04. The highest BCUT2D eigenvalue weighted by molar-refractivity contribution is 5.91. The number of hydrogen-bond donors (Lipinski definition) is 2. The lowest BCUT2D eigenvalue weighted by atomic mass is 9.84. The van der Waals surface area contributed by atoms with Crippen molar-refractivity contribution in [2.24, 2.45) is 5.73 Å². The fraction of sp³-hybridized carbons (Fsp3) is 0.333. The van der Waals surface area contributed by atoms with Crippen molar-refractivity contribution in [1.82, 2.24) is 0 Å². The lowest BCUT2D eigenvalue weighted by Crippen LogP contribution is -2.35. The van der Waals surface area contributed by atoms with E-state index in [2.05, 4.69) is 12.1 Å². The first-order chi connectivity index (χ1) is 12.5. The highest BCUT2D eigenvalue weighted by Gasteiger charge is 2.18. The van der Waals surface area contributed by atoms with E-state index in [9.17, 15) is 9.59 Å². The van der Waals surface area contributed by atoms with Gasteiger partial charge in [-0.3, -0.25) is 4.90 Å². The third-order valence-corrected chi connectivity index (χ3v) is 5.07. The predicted molar refractivity (Wildman–Crippen MR) is 101 cm³/mol. The maximum absolute atomic E-state index is 12.0. The van der Waals surface area contributed by atoms with E-state index in [4.69, 9.17) is 10.8 Å². The molecule has 0 radical (unpaired) electrons. The molecule has 2 aromatic rings. The molecule has 3 N–H and O–H groups in total. The number of nitrogens with zero attached hydrogens (tertiary/aromatic N) is 1. The number of nitrogens with two attached hydrogens (primary N) is 1. The van der Waals surface area contributed by atoms with Gasteiger partial charge in [0.25, 0.3) is 0 Å². The average Bonchev–Trinajstić information content (AvgIpc) is 2.67. The quantitative estimate of drug-likeness (QED) is 0.830. The summed E-state index contributed by atoms with van der Waals surface area (Å²) in [5.41, 5.74) is 8.71. The number of hydrogen-bond acceptors (Lipinski definition) is 2. The van der Waals surface area contributed by atoms with Gasteiger partial charge in [-0.25, -0.2) is 9.59 Å². The first kappa shape index (κ1) is 18.0. The second-order valence-corrected chi connectivity index (χ2v) is 6.86. The molecule has 5 nitrogen and oxygen atoms in total. The summed E-state index contributed by atoms with van der Waals surface area (Å²) in [6, 6.07) is 14.0. The predicted octanol–water partition coefficient (Wildman–Crippen LogP) is 4.52.